The van der Waals surface area contributed by atoms with E-state index in [1.165, 1.54) is 0 Å². The van der Waals surface area contributed by atoms with Crippen molar-refractivity contribution in [2.24, 2.45) is 0 Å². The Morgan fingerprint density at radius 2 is 0.980 bits per heavy atom. The van der Waals surface area contributed by atoms with Crippen LogP contribution in [0.3, 0.4) is 0 Å². The molecule has 7 aromatic carbocycles. The lowest BCUT2D eigenvalue weighted by atomic mass is 9.87. The van der Waals surface area contributed by atoms with Crippen molar-refractivity contribution in [3.05, 3.63) is 168 Å². The first-order valence-corrected chi connectivity index (χ1v) is 16.3. The second-order valence-electron chi connectivity index (χ2n) is 12.2. The number of nitriles is 3. The van der Waals surface area contributed by atoms with Gasteiger partial charge in [-0.25, -0.2) is 0 Å². The Kier molecular flexibility index (Phi) is 6.56. The first kappa shape index (κ1) is 28.8. The molecule has 2 aromatic heterocycles. The SMILES string of the molecule is N#Cc1ccc(-c2cccc(C#N)c2-n2c3ccccc3c3ccccc32)c(C#N)c1-c1ccc2c(c1)c1ccccc1n2-c1ccccc1. The molecular formula is C45H25N5. The third-order valence-corrected chi connectivity index (χ3v) is 9.66. The summed E-state index contributed by atoms with van der Waals surface area (Å²) in [5, 5.41) is 36.1. The molecule has 0 spiro atoms. The minimum Gasteiger partial charge on any atom is -0.309 e. The minimum absolute atomic E-state index is 0.382. The number of nitrogens with zero attached hydrogens (tertiary/aromatic N) is 5. The van der Waals surface area contributed by atoms with Gasteiger partial charge in [0.2, 0.25) is 0 Å². The van der Waals surface area contributed by atoms with Gasteiger partial charge in [0, 0.05) is 43.9 Å². The van der Waals surface area contributed by atoms with Crippen LogP contribution in [0, 0.1) is 34.0 Å². The summed E-state index contributed by atoms with van der Waals surface area (Å²) in [5.41, 5.74) is 9.80. The van der Waals surface area contributed by atoms with Crippen LogP contribution >= 0.6 is 0 Å². The van der Waals surface area contributed by atoms with Crippen molar-refractivity contribution in [1.29, 1.82) is 15.8 Å². The third-order valence-electron chi connectivity index (χ3n) is 9.66. The zero-order valence-corrected chi connectivity index (χ0v) is 26.7. The molecule has 0 amide bonds. The average molecular weight is 636 g/mol. The average Bonchev–Trinajstić information content (AvgIpc) is 3.69. The van der Waals surface area contributed by atoms with Crippen molar-refractivity contribution < 1.29 is 0 Å². The number of benzene rings is 7. The molecule has 9 aromatic rings. The van der Waals surface area contributed by atoms with Gasteiger partial charge in [-0.05, 0) is 60.2 Å². The fourth-order valence-corrected chi connectivity index (χ4v) is 7.58. The molecule has 5 heteroatoms. The zero-order valence-electron chi connectivity index (χ0n) is 26.7. The number of para-hydroxylation sites is 5. The van der Waals surface area contributed by atoms with E-state index in [-0.39, 0.29) is 0 Å². The summed E-state index contributed by atoms with van der Waals surface area (Å²) in [7, 11) is 0. The molecule has 0 aliphatic heterocycles. The largest absolute Gasteiger partial charge is 0.309 e. The standard InChI is InChI=1S/C45H25N5/c46-26-30-21-23-33(37-17-10-11-31(27-47)45(37)50-41-19-8-4-14-34(41)35-15-5-9-20-42(35)50)39(28-48)44(30)29-22-24-43-38(25-29)36-16-6-7-18-40(36)49(43)32-12-2-1-3-13-32/h1-25H. The van der Waals surface area contributed by atoms with Crippen molar-refractivity contribution >= 4 is 43.6 Å². The van der Waals surface area contributed by atoms with Crippen molar-refractivity contribution in [3.8, 4) is 51.8 Å². The van der Waals surface area contributed by atoms with Crippen molar-refractivity contribution in [2.75, 3.05) is 0 Å². The molecule has 0 atom stereocenters. The Balaban J connectivity index is 1.33. The van der Waals surface area contributed by atoms with Crippen molar-refractivity contribution in [3.63, 3.8) is 0 Å². The van der Waals surface area contributed by atoms with Crippen LogP contribution in [0.4, 0.5) is 0 Å². The lowest BCUT2D eigenvalue weighted by molar-refractivity contribution is 1.17. The first-order valence-electron chi connectivity index (χ1n) is 16.3. The lowest BCUT2D eigenvalue weighted by Gasteiger charge is -2.18. The van der Waals surface area contributed by atoms with E-state index in [9.17, 15) is 15.8 Å². The molecule has 5 nitrogen and oxygen atoms in total. The molecule has 0 fully saturated rings. The Morgan fingerprint density at radius 3 is 1.62 bits per heavy atom. The number of fused-ring (bicyclic) bond motifs is 6. The van der Waals surface area contributed by atoms with Gasteiger partial charge >= 0.3 is 0 Å². The summed E-state index contributed by atoms with van der Waals surface area (Å²) in [4.78, 5) is 0. The van der Waals surface area contributed by atoms with Gasteiger partial charge in [0.05, 0.1) is 50.5 Å². The van der Waals surface area contributed by atoms with Gasteiger partial charge in [-0.2, -0.15) is 15.8 Å². The molecule has 0 aliphatic rings. The van der Waals surface area contributed by atoms with Gasteiger partial charge < -0.3 is 9.13 Å². The Bertz CT molecular complexity index is 2910. The van der Waals surface area contributed by atoms with E-state index >= 15 is 0 Å². The molecular weight excluding hydrogens is 611 g/mol. The molecule has 50 heavy (non-hydrogen) atoms. The topological polar surface area (TPSA) is 81.2 Å². The highest BCUT2D eigenvalue weighted by Crippen LogP contribution is 2.43. The van der Waals surface area contributed by atoms with Gasteiger partial charge in [0.1, 0.15) is 12.1 Å². The van der Waals surface area contributed by atoms with Gasteiger partial charge in [-0.1, -0.05) is 97.1 Å². The van der Waals surface area contributed by atoms with Gasteiger partial charge in [-0.15, -0.1) is 0 Å². The van der Waals surface area contributed by atoms with Crippen LogP contribution < -0.4 is 0 Å². The zero-order chi connectivity index (χ0) is 33.8. The van der Waals surface area contributed by atoms with Crippen LogP contribution in [0.15, 0.2) is 152 Å². The van der Waals surface area contributed by atoms with Crippen LogP contribution in [-0.4, -0.2) is 9.13 Å². The number of aromatic nitrogens is 2. The fraction of sp³-hybridized carbons (Fsp3) is 0. The molecule has 0 unspecified atom stereocenters. The van der Waals surface area contributed by atoms with E-state index in [1.807, 2.05) is 84.9 Å². The highest BCUT2D eigenvalue weighted by atomic mass is 15.0. The fourth-order valence-electron chi connectivity index (χ4n) is 7.58. The van der Waals surface area contributed by atoms with Gasteiger partial charge in [0.25, 0.3) is 0 Å². The molecule has 0 bridgehead atoms. The smallest absolute Gasteiger partial charge is 0.101 e. The maximum atomic E-state index is 10.9. The number of hydrogen-bond donors (Lipinski definition) is 0. The summed E-state index contributed by atoms with van der Waals surface area (Å²) in [6.07, 6.45) is 0. The molecule has 0 N–H and O–H groups in total. The van der Waals surface area contributed by atoms with E-state index in [2.05, 4.69) is 88.0 Å². The monoisotopic (exact) mass is 635 g/mol. The molecule has 9 rings (SSSR count). The highest BCUT2D eigenvalue weighted by molar-refractivity contribution is 6.12. The highest BCUT2D eigenvalue weighted by Gasteiger charge is 2.24. The number of hydrogen-bond acceptors (Lipinski definition) is 3. The van der Waals surface area contributed by atoms with Crippen molar-refractivity contribution in [2.45, 2.75) is 0 Å². The van der Waals surface area contributed by atoms with Gasteiger partial charge in [0.15, 0.2) is 0 Å². The second kappa shape index (κ2) is 11.4. The summed E-state index contributed by atoms with van der Waals surface area (Å²) in [6, 6.07) is 57.6. The number of rotatable bonds is 4. The summed E-state index contributed by atoms with van der Waals surface area (Å²) < 4.78 is 4.37. The predicted octanol–water partition coefficient (Wildman–Crippen LogP) is 10.8. The molecule has 230 valence electrons. The van der Waals surface area contributed by atoms with Gasteiger partial charge in [-0.3, -0.25) is 0 Å². The van der Waals surface area contributed by atoms with Crippen LogP contribution in [0.2, 0.25) is 0 Å². The normalized spacial score (nSPS) is 11.1. The van der Waals surface area contributed by atoms with E-state index < -0.39 is 0 Å². The van der Waals surface area contributed by atoms with E-state index in [0.29, 0.717) is 33.5 Å². The maximum Gasteiger partial charge on any atom is 0.101 e. The lowest BCUT2D eigenvalue weighted by Crippen LogP contribution is -2.03. The molecule has 0 saturated carbocycles. The second-order valence-corrected chi connectivity index (χ2v) is 12.2. The van der Waals surface area contributed by atoms with E-state index in [0.717, 1.165) is 60.4 Å². The minimum atomic E-state index is 0.382. The molecule has 2 heterocycles. The Labute approximate surface area is 287 Å². The van der Waals surface area contributed by atoms with Crippen LogP contribution in [0.1, 0.15) is 16.7 Å². The Morgan fingerprint density at radius 1 is 0.400 bits per heavy atom. The van der Waals surface area contributed by atoms with E-state index in [1.54, 1.807) is 6.07 Å². The summed E-state index contributed by atoms with van der Waals surface area (Å²) in [6.45, 7) is 0. The quantitative estimate of drug-likeness (QED) is 0.193. The third kappa shape index (κ3) is 4.17. The van der Waals surface area contributed by atoms with Crippen LogP contribution in [-0.2, 0) is 0 Å². The molecule has 0 saturated heterocycles. The predicted molar refractivity (Wildman–Crippen MR) is 200 cm³/mol. The van der Waals surface area contributed by atoms with Crippen molar-refractivity contribution in [1.82, 2.24) is 9.13 Å². The van der Waals surface area contributed by atoms with Crippen LogP contribution in [0.25, 0.3) is 77.2 Å². The first-order chi connectivity index (χ1) is 24.7. The summed E-state index contributed by atoms with van der Waals surface area (Å²) >= 11 is 0. The van der Waals surface area contributed by atoms with Crippen LogP contribution in [0.5, 0.6) is 0 Å². The molecule has 0 radical (unpaired) electrons. The maximum absolute atomic E-state index is 10.9. The van der Waals surface area contributed by atoms with E-state index in [4.69, 9.17) is 0 Å². The Hall–Kier alpha value is -7.39. The molecule has 0 aliphatic carbocycles. The summed E-state index contributed by atoms with van der Waals surface area (Å²) in [5.74, 6) is 0.